The summed E-state index contributed by atoms with van der Waals surface area (Å²) in [6.45, 7) is 6.06. The van der Waals surface area contributed by atoms with Crippen LogP contribution in [0.1, 0.15) is 49.8 Å². The van der Waals surface area contributed by atoms with Crippen molar-refractivity contribution in [3.05, 3.63) is 29.3 Å². The van der Waals surface area contributed by atoms with Gasteiger partial charge in [0.1, 0.15) is 5.75 Å². The van der Waals surface area contributed by atoms with E-state index in [0.717, 1.165) is 23.4 Å². The highest BCUT2D eigenvalue weighted by Crippen LogP contribution is 2.32. The molecule has 1 aromatic rings. The van der Waals surface area contributed by atoms with Gasteiger partial charge >= 0.3 is 0 Å². The second-order valence-electron chi connectivity index (χ2n) is 5.84. The molecule has 2 rings (SSSR count). The van der Waals surface area contributed by atoms with Gasteiger partial charge in [-0.25, -0.2) is 0 Å². The molecule has 3 heteroatoms. The zero-order valence-electron chi connectivity index (χ0n) is 12.9. The maximum absolute atomic E-state index is 10.6. The van der Waals surface area contributed by atoms with Gasteiger partial charge < -0.3 is 9.84 Å². The molecule has 0 amide bonds. The van der Waals surface area contributed by atoms with Gasteiger partial charge in [0.2, 0.25) is 0 Å². The third-order valence-corrected chi connectivity index (χ3v) is 4.01. The Hall–Kier alpha value is -1.06. The number of hydrogen-bond donors (Lipinski definition) is 1. The van der Waals surface area contributed by atoms with E-state index >= 15 is 0 Å². The van der Waals surface area contributed by atoms with Crippen molar-refractivity contribution >= 4 is 0 Å². The van der Waals surface area contributed by atoms with Crippen molar-refractivity contribution in [1.29, 1.82) is 0 Å². The predicted octanol–water partition coefficient (Wildman–Crippen LogP) is 3.30. The minimum Gasteiger partial charge on any atom is -0.496 e. The van der Waals surface area contributed by atoms with Crippen LogP contribution in [0.5, 0.6) is 5.75 Å². The van der Waals surface area contributed by atoms with Crippen LogP contribution in [0, 0.1) is 6.92 Å². The van der Waals surface area contributed by atoms with Crippen LogP contribution in [-0.4, -0.2) is 36.2 Å². The number of ether oxygens (including phenoxy) is 1. The molecule has 1 fully saturated rings. The SMILES string of the molecule is CCCCN(CC(O)c1cc(C)ccc1OC)C1CC1. The average Bonchev–Trinajstić information content (AvgIpc) is 3.27. The zero-order valence-corrected chi connectivity index (χ0v) is 12.9. The summed E-state index contributed by atoms with van der Waals surface area (Å²) < 4.78 is 5.38. The molecule has 112 valence electrons. The van der Waals surface area contributed by atoms with Crippen LogP contribution in [0.15, 0.2) is 18.2 Å². The van der Waals surface area contributed by atoms with Gasteiger partial charge in [-0.15, -0.1) is 0 Å². The Morgan fingerprint density at radius 1 is 1.40 bits per heavy atom. The highest BCUT2D eigenvalue weighted by Gasteiger charge is 2.30. The molecule has 20 heavy (non-hydrogen) atoms. The zero-order chi connectivity index (χ0) is 14.5. The lowest BCUT2D eigenvalue weighted by atomic mass is 10.0. The van der Waals surface area contributed by atoms with Gasteiger partial charge in [0.25, 0.3) is 0 Å². The van der Waals surface area contributed by atoms with Crippen LogP contribution < -0.4 is 4.74 Å². The topological polar surface area (TPSA) is 32.7 Å². The van der Waals surface area contributed by atoms with Crippen LogP contribution in [0.4, 0.5) is 0 Å². The minimum atomic E-state index is -0.470. The summed E-state index contributed by atoms with van der Waals surface area (Å²) >= 11 is 0. The van der Waals surface area contributed by atoms with E-state index in [1.54, 1.807) is 7.11 Å². The molecule has 1 saturated carbocycles. The Morgan fingerprint density at radius 3 is 2.75 bits per heavy atom. The summed E-state index contributed by atoms with van der Waals surface area (Å²) in [6, 6.07) is 6.69. The molecule has 1 aliphatic carbocycles. The van der Waals surface area contributed by atoms with Crippen molar-refractivity contribution in [2.75, 3.05) is 20.2 Å². The molecule has 0 radical (unpaired) electrons. The van der Waals surface area contributed by atoms with E-state index in [4.69, 9.17) is 4.74 Å². The molecule has 1 atom stereocenters. The van der Waals surface area contributed by atoms with Crippen molar-refractivity contribution < 1.29 is 9.84 Å². The first kappa shape index (κ1) is 15.3. The standard InChI is InChI=1S/C17H27NO2/c1-4-5-10-18(14-7-8-14)12-16(19)15-11-13(2)6-9-17(15)20-3/h6,9,11,14,16,19H,4-5,7-8,10,12H2,1-3H3. The molecular formula is C17H27NO2. The van der Waals surface area contributed by atoms with E-state index in [-0.39, 0.29) is 0 Å². The van der Waals surface area contributed by atoms with E-state index in [2.05, 4.69) is 11.8 Å². The van der Waals surface area contributed by atoms with Gasteiger partial charge in [-0.3, -0.25) is 4.90 Å². The largest absolute Gasteiger partial charge is 0.496 e. The Morgan fingerprint density at radius 2 is 2.15 bits per heavy atom. The smallest absolute Gasteiger partial charge is 0.124 e. The fourth-order valence-corrected chi connectivity index (χ4v) is 2.66. The van der Waals surface area contributed by atoms with Gasteiger partial charge in [0.15, 0.2) is 0 Å². The summed E-state index contributed by atoms with van der Waals surface area (Å²) in [7, 11) is 1.66. The Labute approximate surface area is 122 Å². The third kappa shape index (κ3) is 3.97. The van der Waals surface area contributed by atoms with Crippen molar-refractivity contribution in [3.8, 4) is 5.75 Å². The highest BCUT2D eigenvalue weighted by atomic mass is 16.5. The molecule has 1 aliphatic rings. The number of aryl methyl sites for hydroxylation is 1. The third-order valence-electron chi connectivity index (χ3n) is 4.01. The van der Waals surface area contributed by atoms with E-state index in [0.29, 0.717) is 12.6 Å². The van der Waals surface area contributed by atoms with Crippen LogP contribution in [0.25, 0.3) is 0 Å². The molecule has 0 bridgehead atoms. The minimum absolute atomic E-state index is 0.470. The van der Waals surface area contributed by atoms with E-state index in [1.807, 2.05) is 25.1 Å². The molecule has 0 aromatic heterocycles. The fourth-order valence-electron chi connectivity index (χ4n) is 2.66. The Balaban J connectivity index is 2.05. The van der Waals surface area contributed by atoms with Crippen LogP contribution in [0.3, 0.4) is 0 Å². The lowest BCUT2D eigenvalue weighted by molar-refractivity contribution is 0.105. The second-order valence-corrected chi connectivity index (χ2v) is 5.84. The first-order chi connectivity index (χ1) is 9.65. The normalized spacial score (nSPS) is 16.4. The predicted molar refractivity (Wildman–Crippen MR) is 82.2 cm³/mol. The molecular weight excluding hydrogens is 250 g/mol. The van der Waals surface area contributed by atoms with Crippen molar-refractivity contribution in [1.82, 2.24) is 4.90 Å². The number of nitrogens with zero attached hydrogens (tertiary/aromatic N) is 1. The van der Waals surface area contributed by atoms with E-state index < -0.39 is 6.10 Å². The van der Waals surface area contributed by atoms with Gasteiger partial charge in [-0.05, 0) is 44.9 Å². The van der Waals surface area contributed by atoms with Crippen LogP contribution in [0.2, 0.25) is 0 Å². The molecule has 1 aromatic carbocycles. The van der Waals surface area contributed by atoms with Crippen molar-refractivity contribution in [2.45, 2.75) is 51.7 Å². The molecule has 3 nitrogen and oxygen atoms in total. The maximum Gasteiger partial charge on any atom is 0.124 e. The summed E-state index contributed by atoms with van der Waals surface area (Å²) in [5.41, 5.74) is 2.07. The average molecular weight is 277 g/mol. The monoisotopic (exact) mass is 277 g/mol. The van der Waals surface area contributed by atoms with Gasteiger partial charge in [-0.1, -0.05) is 25.0 Å². The molecule has 0 spiro atoms. The Bertz CT molecular complexity index is 429. The molecule has 0 aliphatic heterocycles. The molecule has 0 heterocycles. The quantitative estimate of drug-likeness (QED) is 0.791. The second kappa shape index (κ2) is 7.09. The molecule has 1 unspecified atom stereocenters. The number of rotatable bonds is 8. The van der Waals surface area contributed by atoms with Gasteiger partial charge in [-0.2, -0.15) is 0 Å². The molecule has 0 saturated heterocycles. The number of aliphatic hydroxyl groups excluding tert-OH is 1. The van der Waals surface area contributed by atoms with Crippen molar-refractivity contribution in [2.24, 2.45) is 0 Å². The summed E-state index contributed by atoms with van der Waals surface area (Å²) in [6.07, 6.45) is 4.49. The summed E-state index contributed by atoms with van der Waals surface area (Å²) in [5, 5.41) is 10.6. The van der Waals surface area contributed by atoms with Gasteiger partial charge in [0.05, 0.1) is 13.2 Å². The molecule has 1 N–H and O–H groups in total. The number of aliphatic hydroxyl groups is 1. The fraction of sp³-hybridized carbons (Fsp3) is 0.647. The van der Waals surface area contributed by atoms with E-state index in [9.17, 15) is 5.11 Å². The lowest BCUT2D eigenvalue weighted by Crippen LogP contribution is -2.31. The first-order valence-corrected chi connectivity index (χ1v) is 7.72. The van der Waals surface area contributed by atoms with E-state index in [1.165, 1.54) is 25.7 Å². The number of benzene rings is 1. The lowest BCUT2D eigenvalue weighted by Gasteiger charge is -2.26. The highest BCUT2D eigenvalue weighted by molar-refractivity contribution is 5.38. The summed E-state index contributed by atoms with van der Waals surface area (Å²) in [4.78, 5) is 2.44. The van der Waals surface area contributed by atoms with Crippen LogP contribution >= 0.6 is 0 Å². The number of hydrogen-bond acceptors (Lipinski definition) is 3. The van der Waals surface area contributed by atoms with Gasteiger partial charge in [0, 0.05) is 18.2 Å². The first-order valence-electron chi connectivity index (χ1n) is 7.72. The van der Waals surface area contributed by atoms with Crippen LogP contribution in [-0.2, 0) is 0 Å². The maximum atomic E-state index is 10.6. The Kier molecular flexibility index (Phi) is 5.44. The number of methoxy groups -OCH3 is 1. The van der Waals surface area contributed by atoms with Crippen molar-refractivity contribution in [3.63, 3.8) is 0 Å². The summed E-state index contributed by atoms with van der Waals surface area (Å²) in [5.74, 6) is 0.786. The number of unbranched alkanes of at least 4 members (excludes halogenated alkanes) is 1.